The summed E-state index contributed by atoms with van der Waals surface area (Å²) < 4.78 is 40.4. The Labute approximate surface area is 146 Å². The van der Waals surface area contributed by atoms with Crippen molar-refractivity contribution in [1.82, 2.24) is 9.62 Å². The number of nitrogens with zero attached hydrogens (tertiary/aromatic N) is 2. The van der Waals surface area contributed by atoms with E-state index in [2.05, 4.69) is 5.32 Å². The van der Waals surface area contributed by atoms with Gasteiger partial charge in [-0.25, -0.2) is 12.8 Å². The fourth-order valence-corrected chi connectivity index (χ4v) is 4.27. The summed E-state index contributed by atoms with van der Waals surface area (Å²) in [4.78, 5) is 9.84. The molecule has 1 aromatic rings. The van der Waals surface area contributed by atoms with Crippen LogP contribution in [0.15, 0.2) is 17.0 Å². The summed E-state index contributed by atoms with van der Waals surface area (Å²) in [5.41, 5.74) is -0.685. The highest BCUT2D eigenvalue weighted by Crippen LogP contribution is 2.29. The van der Waals surface area contributed by atoms with E-state index in [1.54, 1.807) is 0 Å². The Morgan fingerprint density at radius 1 is 1.38 bits per heavy atom. The van der Waals surface area contributed by atoms with Crippen molar-refractivity contribution in [2.24, 2.45) is 5.92 Å². The molecule has 2 rings (SSSR count). The number of rotatable bonds is 5. The van der Waals surface area contributed by atoms with E-state index in [1.165, 1.54) is 11.2 Å². The van der Waals surface area contributed by atoms with Crippen molar-refractivity contribution in [3.8, 4) is 0 Å². The minimum absolute atomic E-state index is 0. The van der Waals surface area contributed by atoms with Gasteiger partial charge in [-0.15, -0.1) is 12.4 Å². The fourth-order valence-electron chi connectivity index (χ4n) is 2.77. The molecule has 1 N–H and O–H groups in total. The van der Waals surface area contributed by atoms with Crippen molar-refractivity contribution < 1.29 is 17.7 Å². The molecule has 0 amide bonds. The van der Waals surface area contributed by atoms with Crippen LogP contribution in [0, 0.1) is 28.8 Å². The molecule has 7 nitrogen and oxygen atoms in total. The average molecular weight is 382 g/mol. The zero-order valence-electron chi connectivity index (χ0n) is 13.5. The number of hydrogen-bond donors (Lipinski definition) is 1. The molecule has 0 spiro atoms. The molecule has 0 aliphatic carbocycles. The van der Waals surface area contributed by atoms with Gasteiger partial charge < -0.3 is 5.32 Å². The third-order valence-corrected chi connectivity index (χ3v) is 6.07. The van der Waals surface area contributed by atoms with Crippen molar-refractivity contribution in [2.45, 2.75) is 24.7 Å². The third-order valence-electron chi connectivity index (χ3n) is 4.19. The molecule has 24 heavy (non-hydrogen) atoms. The van der Waals surface area contributed by atoms with E-state index in [0.29, 0.717) is 31.8 Å². The Bertz CT molecular complexity index is 706. The van der Waals surface area contributed by atoms with Crippen LogP contribution in [0.2, 0.25) is 0 Å². The van der Waals surface area contributed by atoms with E-state index < -0.39 is 26.5 Å². The van der Waals surface area contributed by atoms with Gasteiger partial charge in [0, 0.05) is 19.2 Å². The lowest BCUT2D eigenvalue weighted by Crippen LogP contribution is -2.40. The van der Waals surface area contributed by atoms with E-state index in [4.69, 9.17) is 0 Å². The molecule has 1 heterocycles. The summed E-state index contributed by atoms with van der Waals surface area (Å²) in [5.74, 6) is -0.488. The highest BCUT2D eigenvalue weighted by Gasteiger charge is 2.31. The number of halogens is 2. The zero-order valence-corrected chi connectivity index (χ0v) is 15.1. The molecule has 1 aromatic carbocycles. The maximum atomic E-state index is 13.9. The molecule has 0 saturated carbocycles. The largest absolute Gasteiger partial charge is 0.319 e. The van der Waals surface area contributed by atoms with E-state index in [1.807, 2.05) is 7.05 Å². The first-order valence-corrected chi connectivity index (χ1v) is 8.80. The second-order valence-corrected chi connectivity index (χ2v) is 7.65. The van der Waals surface area contributed by atoms with Gasteiger partial charge >= 0.3 is 0 Å². The van der Waals surface area contributed by atoms with Crippen molar-refractivity contribution in [1.29, 1.82) is 0 Å². The van der Waals surface area contributed by atoms with Gasteiger partial charge in [0.2, 0.25) is 10.0 Å². The lowest BCUT2D eigenvalue weighted by Gasteiger charge is -2.31. The van der Waals surface area contributed by atoms with Crippen molar-refractivity contribution in [3.05, 3.63) is 33.6 Å². The predicted molar refractivity (Wildman–Crippen MR) is 90.4 cm³/mol. The second kappa shape index (κ2) is 8.19. The lowest BCUT2D eigenvalue weighted by atomic mass is 9.98. The second-order valence-electron chi connectivity index (χ2n) is 5.71. The summed E-state index contributed by atoms with van der Waals surface area (Å²) in [7, 11) is -2.08. The van der Waals surface area contributed by atoms with Gasteiger partial charge in [0.05, 0.1) is 15.4 Å². The molecule has 10 heteroatoms. The van der Waals surface area contributed by atoms with Gasteiger partial charge in [0.25, 0.3) is 5.69 Å². The Kier molecular flexibility index (Phi) is 7.09. The number of hydrogen-bond acceptors (Lipinski definition) is 5. The van der Waals surface area contributed by atoms with Gasteiger partial charge in [-0.05, 0) is 45.3 Å². The standard InChI is InChI=1S/C14H20FN3O4S.ClH/c1-10-13(15)7-12(8-14(10)18(19)20)23(21,22)17-5-3-11(4-6-17)9-16-2;/h7-8,11,16H,3-6,9H2,1-2H3;1H. The molecule has 1 saturated heterocycles. The Balaban J connectivity index is 0.00000288. The minimum Gasteiger partial charge on any atom is -0.319 e. The van der Waals surface area contributed by atoms with E-state index in [9.17, 15) is 22.9 Å². The summed E-state index contributed by atoms with van der Waals surface area (Å²) in [6.07, 6.45) is 1.41. The predicted octanol–water partition coefficient (Wildman–Crippen LogP) is 2.08. The van der Waals surface area contributed by atoms with Gasteiger partial charge in [-0.1, -0.05) is 0 Å². The highest BCUT2D eigenvalue weighted by atomic mass is 35.5. The summed E-state index contributed by atoms with van der Waals surface area (Å²) >= 11 is 0. The van der Waals surface area contributed by atoms with Crippen LogP contribution in [0.5, 0.6) is 0 Å². The zero-order chi connectivity index (χ0) is 17.2. The van der Waals surface area contributed by atoms with Gasteiger partial charge in [0.1, 0.15) is 5.82 Å². The molecule has 136 valence electrons. The van der Waals surface area contributed by atoms with Gasteiger partial charge in [-0.3, -0.25) is 10.1 Å². The molecule has 0 bridgehead atoms. The van der Waals surface area contributed by atoms with Crippen LogP contribution < -0.4 is 5.32 Å². The van der Waals surface area contributed by atoms with Gasteiger partial charge in [-0.2, -0.15) is 4.31 Å². The van der Waals surface area contributed by atoms with Crippen LogP contribution in [-0.4, -0.2) is 44.3 Å². The van der Waals surface area contributed by atoms with E-state index in [0.717, 1.165) is 18.7 Å². The summed E-state index contributed by atoms with van der Waals surface area (Å²) in [5, 5.41) is 14.0. The summed E-state index contributed by atoms with van der Waals surface area (Å²) in [6.45, 7) is 2.74. The normalized spacial score (nSPS) is 16.6. The number of benzene rings is 1. The van der Waals surface area contributed by atoms with Crippen LogP contribution >= 0.6 is 12.4 Å². The number of sulfonamides is 1. The van der Waals surface area contributed by atoms with Crippen molar-refractivity contribution in [3.63, 3.8) is 0 Å². The maximum Gasteiger partial charge on any atom is 0.276 e. The number of nitro benzene ring substituents is 1. The number of nitro groups is 1. The Morgan fingerprint density at radius 2 is 1.96 bits per heavy atom. The average Bonchev–Trinajstić information content (AvgIpc) is 2.50. The van der Waals surface area contributed by atoms with Crippen LogP contribution in [0.1, 0.15) is 18.4 Å². The third kappa shape index (κ3) is 4.21. The van der Waals surface area contributed by atoms with Gasteiger partial charge in [0.15, 0.2) is 0 Å². The van der Waals surface area contributed by atoms with E-state index in [-0.39, 0.29) is 22.9 Å². The fraction of sp³-hybridized carbons (Fsp3) is 0.571. The molecule has 0 radical (unpaired) electrons. The van der Waals surface area contributed by atoms with Crippen LogP contribution in [0.3, 0.4) is 0 Å². The smallest absolute Gasteiger partial charge is 0.276 e. The molecule has 0 aromatic heterocycles. The number of nitrogens with one attached hydrogen (secondary N) is 1. The van der Waals surface area contributed by atoms with Crippen LogP contribution in [0.25, 0.3) is 0 Å². The molecular weight excluding hydrogens is 361 g/mol. The molecule has 1 fully saturated rings. The Hall–Kier alpha value is -1.29. The molecule has 1 aliphatic rings. The minimum atomic E-state index is -3.93. The number of piperidine rings is 1. The molecule has 0 unspecified atom stereocenters. The first-order valence-electron chi connectivity index (χ1n) is 7.36. The molecule has 0 atom stereocenters. The lowest BCUT2D eigenvalue weighted by molar-refractivity contribution is -0.385. The van der Waals surface area contributed by atoms with Crippen LogP contribution in [0.4, 0.5) is 10.1 Å². The first-order chi connectivity index (χ1) is 10.8. The van der Waals surface area contributed by atoms with Crippen molar-refractivity contribution in [2.75, 3.05) is 26.7 Å². The van der Waals surface area contributed by atoms with Crippen molar-refractivity contribution >= 4 is 28.1 Å². The maximum absolute atomic E-state index is 13.9. The quantitative estimate of drug-likeness (QED) is 0.622. The molecule has 1 aliphatic heterocycles. The highest BCUT2D eigenvalue weighted by molar-refractivity contribution is 7.89. The monoisotopic (exact) mass is 381 g/mol. The topological polar surface area (TPSA) is 92.6 Å². The van der Waals surface area contributed by atoms with Crippen LogP contribution in [-0.2, 0) is 10.0 Å². The molecular formula is C14H21ClFN3O4S. The SMILES string of the molecule is CNCC1CCN(S(=O)(=O)c2cc(F)c(C)c([N+](=O)[O-])c2)CC1.Cl. The van der Waals surface area contributed by atoms with E-state index >= 15 is 0 Å². The first kappa shape index (κ1) is 20.8. The summed E-state index contributed by atoms with van der Waals surface area (Å²) in [6, 6.07) is 1.80. The Morgan fingerprint density at radius 3 is 2.46 bits per heavy atom.